The van der Waals surface area contributed by atoms with E-state index in [2.05, 4.69) is 28.2 Å². The molecule has 1 saturated heterocycles. The number of rotatable bonds is 3. The van der Waals surface area contributed by atoms with Crippen LogP contribution in [0.25, 0.3) is 0 Å². The molecular formula is C12H19N3. The maximum atomic E-state index is 4.18. The van der Waals surface area contributed by atoms with E-state index in [-0.39, 0.29) is 0 Å². The molecule has 1 fully saturated rings. The van der Waals surface area contributed by atoms with Crippen LogP contribution < -0.4 is 5.32 Å². The van der Waals surface area contributed by atoms with Gasteiger partial charge in [0.2, 0.25) is 0 Å². The zero-order valence-electron chi connectivity index (χ0n) is 9.53. The first-order valence-corrected chi connectivity index (χ1v) is 5.58. The third kappa shape index (κ3) is 2.55. The fourth-order valence-corrected chi connectivity index (χ4v) is 2.12. The topological polar surface area (TPSA) is 28.2 Å². The molecule has 0 aromatic carbocycles. The average molecular weight is 205 g/mol. The molecule has 1 aliphatic heterocycles. The molecule has 2 rings (SSSR count). The third-order valence-electron chi connectivity index (χ3n) is 3.22. The van der Waals surface area contributed by atoms with Crippen molar-refractivity contribution in [3.05, 3.63) is 29.6 Å². The molecule has 1 aromatic rings. The molecule has 0 saturated carbocycles. The lowest BCUT2D eigenvalue weighted by molar-refractivity contribution is 0.321. The standard InChI is InChI=1S/C12H19N3/c1-10-3-5-14-7-11(10)8-15-6-4-12(9-15)13-2/h3,5,7,12-13H,4,6,8-9H2,1-2H3. The minimum absolute atomic E-state index is 0.668. The van der Waals surface area contributed by atoms with Gasteiger partial charge < -0.3 is 5.32 Å². The highest BCUT2D eigenvalue weighted by atomic mass is 15.2. The van der Waals surface area contributed by atoms with Crippen molar-refractivity contribution < 1.29 is 0 Å². The summed E-state index contributed by atoms with van der Waals surface area (Å²) in [6, 6.07) is 2.75. The van der Waals surface area contributed by atoms with Crippen molar-refractivity contribution in [3.63, 3.8) is 0 Å². The second kappa shape index (κ2) is 4.73. The number of likely N-dealkylation sites (N-methyl/N-ethyl adjacent to an activating group) is 1. The van der Waals surface area contributed by atoms with Gasteiger partial charge in [0.25, 0.3) is 0 Å². The molecule has 82 valence electrons. The minimum atomic E-state index is 0.668. The average Bonchev–Trinajstić information content (AvgIpc) is 2.69. The Labute approximate surface area is 91.5 Å². The molecular weight excluding hydrogens is 186 g/mol. The highest BCUT2D eigenvalue weighted by molar-refractivity contribution is 5.21. The van der Waals surface area contributed by atoms with E-state index in [1.807, 2.05) is 19.4 Å². The monoisotopic (exact) mass is 205 g/mol. The molecule has 0 radical (unpaired) electrons. The van der Waals surface area contributed by atoms with Crippen LogP contribution in [0.1, 0.15) is 17.5 Å². The zero-order chi connectivity index (χ0) is 10.7. The summed E-state index contributed by atoms with van der Waals surface area (Å²) in [6.45, 7) is 5.55. The quantitative estimate of drug-likeness (QED) is 0.803. The van der Waals surface area contributed by atoms with Gasteiger partial charge in [0.05, 0.1) is 0 Å². The number of likely N-dealkylation sites (tertiary alicyclic amines) is 1. The summed E-state index contributed by atoms with van der Waals surface area (Å²) in [5.74, 6) is 0. The van der Waals surface area contributed by atoms with Crippen LogP contribution in [0.5, 0.6) is 0 Å². The van der Waals surface area contributed by atoms with Gasteiger partial charge in [-0.25, -0.2) is 0 Å². The van der Waals surface area contributed by atoms with Crippen molar-refractivity contribution in [2.45, 2.75) is 25.9 Å². The van der Waals surface area contributed by atoms with Crippen LogP contribution in [-0.4, -0.2) is 36.1 Å². The SMILES string of the molecule is CNC1CCN(Cc2cnccc2C)C1. The van der Waals surface area contributed by atoms with Gasteiger partial charge in [-0.15, -0.1) is 0 Å². The Morgan fingerprint density at radius 2 is 2.47 bits per heavy atom. The number of aromatic nitrogens is 1. The Bertz CT molecular complexity index is 324. The lowest BCUT2D eigenvalue weighted by Crippen LogP contribution is -2.29. The molecule has 1 aliphatic rings. The fourth-order valence-electron chi connectivity index (χ4n) is 2.12. The van der Waals surface area contributed by atoms with Crippen LogP contribution in [0, 0.1) is 6.92 Å². The van der Waals surface area contributed by atoms with Crippen molar-refractivity contribution in [3.8, 4) is 0 Å². The molecule has 0 spiro atoms. The first kappa shape index (κ1) is 10.6. The largest absolute Gasteiger partial charge is 0.316 e. The van der Waals surface area contributed by atoms with Gasteiger partial charge in [-0.05, 0) is 37.6 Å². The van der Waals surface area contributed by atoms with E-state index in [0.29, 0.717) is 6.04 Å². The smallest absolute Gasteiger partial charge is 0.0315 e. The van der Waals surface area contributed by atoms with E-state index in [1.54, 1.807) is 0 Å². The third-order valence-corrected chi connectivity index (χ3v) is 3.22. The predicted molar refractivity (Wildman–Crippen MR) is 61.7 cm³/mol. The fraction of sp³-hybridized carbons (Fsp3) is 0.583. The first-order valence-electron chi connectivity index (χ1n) is 5.58. The molecule has 0 aliphatic carbocycles. The van der Waals surface area contributed by atoms with Crippen LogP contribution >= 0.6 is 0 Å². The Morgan fingerprint density at radius 3 is 3.13 bits per heavy atom. The molecule has 1 atom stereocenters. The number of aryl methyl sites for hydroxylation is 1. The molecule has 2 heterocycles. The summed E-state index contributed by atoms with van der Waals surface area (Å²) in [4.78, 5) is 6.68. The van der Waals surface area contributed by atoms with Gasteiger partial charge in [0.1, 0.15) is 0 Å². The number of nitrogens with zero attached hydrogens (tertiary/aromatic N) is 2. The van der Waals surface area contributed by atoms with Crippen LogP contribution in [0.3, 0.4) is 0 Å². The van der Waals surface area contributed by atoms with Crippen molar-refractivity contribution in [1.29, 1.82) is 0 Å². The van der Waals surface area contributed by atoms with E-state index in [9.17, 15) is 0 Å². The number of hydrogen-bond donors (Lipinski definition) is 1. The zero-order valence-corrected chi connectivity index (χ0v) is 9.53. The summed E-state index contributed by atoms with van der Waals surface area (Å²) in [6.07, 6.45) is 5.11. The van der Waals surface area contributed by atoms with Crippen LogP contribution in [0.4, 0.5) is 0 Å². The number of hydrogen-bond acceptors (Lipinski definition) is 3. The molecule has 1 aromatic heterocycles. The van der Waals surface area contributed by atoms with Crippen LogP contribution in [0.15, 0.2) is 18.5 Å². The van der Waals surface area contributed by atoms with Crippen molar-refractivity contribution in [1.82, 2.24) is 15.2 Å². The Kier molecular flexibility index (Phi) is 3.34. The van der Waals surface area contributed by atoms with Crippen LogP contribution in [-0.2, 0) is 6.54 Å². The normalized spacial score (nSPS) is 22.1. The second-order valence-corrected chi connectivity index (χ2v) is 4.31. The molecule has 0 bridgehead atoms. The van der Waals surface area contributed by atoms with Crippen LogP contribution in [0.2, 0.25) is 0 Å². The summed E-state index contributed by atoms with van der Waals surface area (Å²) < 4.78 is 0. The maximum absolute atomic E-state index is 4.18. The lowest BCUT2D eigenvalue weighted by atomic mass is 10.1. The summed E-state index contributed by atoms with van der Waals surface area (Å²) >= 11 is 0. The van der Waals surface area contributed by atoms with Crippen molar-refractivity contribution >= 4 is 0 Å². The number of pyridine rings is 1. The van der Waals surface area contributed by atoms with E-state index >= 15 is 0 Å². The summed E-state index contributed by atoms with van der Waals surface area (Å²) in [5.41, 5.74) is 2.70. The van der Waals surface area contributed by atoms with Gasteiger partial charge >= 0.3 is 0 Å². The number of nitrogens with one attached hydrogen (secondary N) is 1. The van der Waals surface area contributed by atoms with Crippen molar-refractivity contribution in [2.24, 2.45) is 0 Å². The van der Waals surface area contributed by atoms with Gasteiger partial charge in [-0.3, -0.25) is 9.88 Å². The highest BCUT2D eigenvalue weighted by Crippen LogP contribution is 2.14. The summed E-state index contributed by atoms with van der Waals surface area (Å²) in [7, 11) is 2.05. The maximum Gasteiger partial charge on any atom is 0.0315 e. The lowest BCUT2D eigenvalue weighted by Gasteiger charge is -2.16. The van der Waals surface area contributed by atoms with Crippen molar-refractivity contribution in [2.75, 3.05) is 20.1 Å². The first-order chi connectivity index (χ1) is 7.29. The molecule has 3 nitrogen and oxygen atoms in total. The van der Waals surface area contributed by atoms with E-state index in [4.69, 9.17) is 0 Å². The second-order valence-electron chi connectivity index (χ2n) is 4.31. The van der Waals surface area contributed by atoms with E-state index in [0.717, 1.165) is 13.1 Å². The molecule has 1 N–H and O–H groups in total. The molecule has 15 heavy (non-hydrogen) atoms. The van der Waals surface area contributed by atoms with Gasteiger partial charge in [0, 0.05) is 38.1 Å². The van der Waals surface area contributed by atoms with E-state index in [1.165, 1.54) is 24.1 Å². The van der Waals surface area contributed by atoms with E-state index < -0.39 is 0 Å². The van der Waals surface area contributed by atoms with Gasteiger partial charge in [-0.2, -0.15) is 0 Å². The van der Waals surface area contributed by atoms with Gasteiger partial charge in [0.15, 0.2) is 0 Å². The Morgan fingerprint density at radius 1 is 1.60 bits per heavy atom. The predicted octanol–water partition coefficient (Wildman–Crippen LogP) is 1.18. The van der Waals surface area contributed by atoms with Gasteiger partial charge in [-0.1, -0.05) is 0 Å². The molecule has 3 heteroatoms. The highest BCUT2D eigenvalue weighted by Gasteiger charge is 2.20. The Balaban J connectivity index is 1.96. The summed E-state index contributed by atoms with van der Waals surface area (Å²) in [5, 5.41) is 3.34. The Hall–Kier alpha value is -0.930. The molecule has 0 amide bonds. The molecule has 1 unspecified atom stereocenters. The minimum Gasteiger partial charge on any atom is -0.316 e.